The van der Waals surface area contributed by atoms with Crippen molar-refractivity contribution in [1.82, 2.24) is 0 Å². The maximum Gasteiger partial charge on any atom is 0.106 e. The lowest BCUT2D eigenvalue weighted by Gasteiger charge is -2.37. The molecule has 0 amide bonds. The second-order valence-electron chi connectivity index (χ2n) is 7.55. The summed E-state index contributed by atoms with van der Waals surface area (Å²) in [4.78, 5) is 0. The summed E-state index contributed by atoms with van der Waals surface area (Å²) in [6.45, 7) is 2.32. The molecule has 0 unspecified atom stereocenters. The van der Waals surface area contributed by atoms with Crippen LogP contribution < -0.4 is 0 Å². The molecule has 2 aliphatic carbocycles. The molecule has 1 aromatic rings. The zero-order valence-corrected chi connectivity index (χ0v) is 13.7. The molecule has 0 radical (unpaired) electrons. The van der Waals surface area contributed by atoms with Crippen molar-refractivity contribution in [2.45, 2.75) is 83.5 Å². The van der Waals surface area contributed by atoms with E-state index in [2.05, 4.69) is 13.0 Å². The third-order valence-corrected chi connectivity index (χ3v) is 6.24. The minimum absolute atomic E-state index is 0.706. The Kier molecular flexibility index (Phi) is 5.43. The topological polar surface area (TPSA) is 13.1 Å². The Bertz CT molecular complexity index is 378. The van der Waals surface area contributed by atoms with Crippen LogP contribution >= 0.6 is 0 Å². The van der Waals surface area contributed by atoms with Gasteiger partial charge in [0.15, 0.2) is 0 Å². The van der Waals surface area contributed by atoms with Gasteiger partial charge in [0, 0.05) is 5.92 Å². The molecule has 0 aliphatic heterocycles. The summed E-state index contributed by atoms with van der Waals surface area (Å²) < 4.78 is 5.61. The summed E-state index contributed by atoms with van der Waals surface area (Å²) >= 11 is 0. The SMILES string of the molecule is CCCCC1CCC(C2CCC(c3ccco3)CC2)CC1. The van der Waals surface area contributed by atoms with Gasteiger partial charge in [0.05, 0.1) is 6.26 Å². The summed E-state index contributed by atoms with van der Waals surface area (Å²) in [7, 11) is 0. The van der Waals surface area contributed by atoms with Gasteiger partial charge >= 0.3 is 0 Å². The second-order valence-corrected chi connectivity index (χ2v) is 7.55. The molecule has 21 heavy (non-hydrogen) atoms. The lowest BCUT2D eigenvalue weighted by Crippen LogP contribution is -2.25. The fraction of sp³-hybridized carbons (Fsp3) is 0.800. The van der Waals surface area contributed by atoms with E-state index >= 15 is 0 Å². The van der Waals surface area contributed by atoms with Gasteiger partial charge in [-0.2, -0.15) is 0 Å². The molecule has 0 atom stereocenters. The van der Waals surface area contributed by atoms with Crippen LogP contribution in [0.5, 0.6) is 0 Å². The van der Waals surface area contributed by atoms with E-state index in [1.165, 1.54) is 76.4 Å². The van der Waals surface area contributed by atoms with Crippen LogP contribution in [0.25, 0.3) is 0 Å². The van der Waals surface area contributed by atoms with Crippen molar-refractivity contribution in [3.8, 4) is 0 Å². The number of hydrogen-bond acceptors (Lipinski definition) is 1. The van der Waals surface area contributed by atoms with Crippen LogP contribution in [-0.4, -0.2) is 0 Å². The molecule has 1 aromatic heterocycles. The fourth-order valence-electron chi connectivity index (χ4n) is 4.84. The van der Waals surface area contributed by atoms with E-state index in [1.807, 2.05) is 12.3 Å². The molecule has 1 heteroatoms. The minimum atomic E-state index is 0.706. The van der Waals surface area contributed by atoms with Crippen molar-refractivity contribution in [2.24, 2.45) is 17.8 Å². The van der Waals surface area contributed by atoms with Crippen LogP contribution in [-0.2, 0) is 0 Å². The van der Waals surface area contributed by atoms with Crippen LogP contribution in [0.4, 0.5) is 0 Å². The van der Waals surface area contributed by atoms with Crippen molar-refractivity contribution in [3.63, 3.8) is 0 Å². The Morgan fingerprint density at radius 3 is 2.19 bits per heavy atom. The summed E-state index contributed by atoms with van der Waals surface area (Å²) in [5, 5.41) is 0. The van der Waals surface area contributed by atoms with Gasteiger partial charge in [-0.25, -0.2) is 0 Å². The molecule has 1 nitrogen and oxygen atoms in total. The molecule has 2 fully saturated rings. The highest BCUT2D eigenvalue weighted by Gasteiger charge is 2.31. The molecule has 0 bridgehead atoms. The number of hydrogen-bond donors (Lipinski definition) is 0. The van der Waals surface area contributed by atoms with Crippen LogP contribution in [0, 0.1) is 17.8 Å². The molecular weight excluding hydrogens is 256 g/mol. The molecule has 0 aromatic carbocycles. The van der Waals surface area contributed by atoms with Gasteiger partial charge in [-0.05, 0) is 68.4 Å². The third kappa shape index (κ3) is 3.93. The molecule has 0 saturated heterocycles. The maximum absolute atomic E-state index is 5.61. The smallest absolute Gasteiger partial charge is 0.106 e. The predicted octanol–water partition coefficient (Wildman–Crippen LogP) is 6.55. The number of unbranched alkanes of at least 4 members (excludes halogenated alkanes) is 1. The first-order valence-electron chi connectivity index (χ1n) is 9.40. The third-order valence-electron chi connectivity index (χ3n) is 6.24. The normalized spacial score (nSPS) is 34.0. The first kappa shape index (κ1) is 15.2. The van der Waals surface area contributed by atoms with Crippen molar-refractivity contribution in [3.05, 3.63) is 24.2 Å². The quantitative estimate of drug-likeness (QED) is 0.598. The van der Waals surface area contributed by atoms with E-state index in [1.54, 1.807) is 0 Å². The van der Waals surface area contributed by atoms with E-state index in [9.17, 15) is 0 Å². The summed E-state index contributed by atoms with van der Waals surface area (Å²) in [6.07, 6.45) is 17.8. The van der Waals surface area contributed by atoms with E-state index in [4.69, 9.17) is 4.42 Å². The molecule has 1 heterocycles. The summed E-state index contributed by atoms with van der Waals surface area (Å²) in [5.41, 5.74) is 0. The van der Waals surface area contributed by atoms with Crippen molar-refractivity contribution >= 4 is 0 Å². The van der Waals surface area contributed by atoms with Crippen molar-refractivity contribution < 1.29 is 4.42 Å². The zero-order chi connectivity index (χ0) is 14.5. The predicted molar refractivity (Wildman–Crippen MR) is 88.4 cm³/mol. The van der Waals surface area contributed by atoms with Gasteiger partial charge in [-0.1, -0.05) is 39.0 Å². The van der Waals surface area contributed by atoms with Gasteiger partial charge in [-0.15, -0.1) is 0 Å². The molecule has 118 valence electrons. The highest BCUT2D eigenvalue weighted by molar-refractivity contribution is 5.06. The standard InChI is InChI=1S/C20H32O/c1-2-3-5-16-7-9-17(10-8-16)18-11-13-19(14-12-18)20-6-4-15-21-20/h4,6,15-19H,2-3,5,7-14H2,1H3. The monoisotopic (exact) mass is 288 g/mol. The van der Waals surface area contributed by atoms with Crippen LogP contribution in [0.1, 0.15) is 89.2 Å². The highest BCUT2D eigenvalue weighted by Crippen LogP contribution is 2.44. The molecule has 3 rings (SSSR count). The van der Waals surface area contributed by atoms with Crippen molar-refractivity contribution in [2.75, 3.05) is 0 Å². The Labute approximate surface area is 130 Å². The average Bonchev–Trinajstić information content (AvgIpc) is 3.08. The first-order chi connectivity index (χ1) is 10.4. The second kappa shape index (κ2) is 7.51. The highest BCUT2D eigenvalue weighted by atomic mass is 16.3. The molecule has 2 saturated carbocycles. The van der Waals surface area contributed by atoms with Crippen LogP contribution in [0.15, 0.2) is 22.8 Å². The summed E-state index contributed by atoms with van der Waals surface area (Å²) in [5.74, 6) is 5.05. The van der Waals surface area contributed by atoms with E-state index in [0.29, 0.717) is 5.92 Å². The molecule has 0 N–H and O–H groups in total. The Morgan fingerprint density at radius 2 is 1.62 bits per heavy atom. The van der Waals surface area contributed by atoms with Crippen LogP contribution in [0.3, 0.4) is 0 Å². The largest absolute Gasteiger partial charge is 0.469 e. The van der Waals surface area contributed by atoms with Gasteiger partial charge in [0.25, 0.3) is 0 Å². The zero-order valence-electron chi connectivity index (χ0n) is 13.7. The first-order valence-corrected chi connectivity index (χ1v) is 9.40. The van der Waals surface area contributed by atoms with Gasteiger partial charge in [-0.3, -0.25) is 0 Å². The van der Waals surface area contributed by atoms with E-state index in [0.717, 1.165) is 17.8 Å². The van der Waals surface area contributed by atoms with Gasteiger partial charge < -0.3 is 4.42 Å². The molecule has 2 aliphatic rings. The van der Waals surface area contributed by atoms with E-state index in [-0.39, 0.29) is 0 Å². The van der Waals surface area contributed by atoms with Crippen molar-refractivity contribution in [1.29, 1.82) is 0 Å². The molecule has 0 spiro atoms. The van der Waals surface area contributed by atoms with Gasteiger partial charge in [0.1, 0.15) is 5.76 Å². The Balaban J connectivity index is 1.41. The fourth-order valence-corrected chi connectivity index (χ4v) is 4.84. The average molecular weight is 288 g/mol. The summed E-state index contributed by atoms with van der Waals surface area (Å²) in [6, 6.07) is 4.21. The number of furan rings is 1. The number of rotatable bonds is 5. The van der Waals surface area contributed by atoms with Gasteiger partial charge in [0.2, 0.25) is 0 Å². The lowest BCUT2D eigenvalue weighted by atomic mass is 9.68. The van der Waals surface area contributed by atoms with Crippen LogP contribution in [0.2, 0.25) is 0 Å². The Hall–Kier alpha value is -0.720. The Morgan fingerprint density at radius 1 is 0.952 bits per heavy atom. The lowest BCUT2D eigenvalue weighted by molar-refractivity contribution is 0.152. The molecular formula is C20H32O. The van der Waals surface area contributed by atoms with E-state index < -0.39 is 0 Å². The minimum Gasteiger partial charge on any atom is -0.469 e. The maximum atomic E-state index is 5.61.